The summed E-state index contributed by atoms with van der Waals surface area (Å²) in [6.45, 7) is 3.45. The summed E-state index contributed by atoms with van der Waals surface area (Å²) in [5, 5.41) is 2.74. The van der Waals surface area contributed by atoms with E-state index in [0.29, 0.717) is 5.82 Å². The van der Waals surface area contributed by atoms with Crippen LogP contribution in [0.15, 0.2) is 36.5 Å². The summed E-state index contributed by atoms with van der Waals surface area (Å²) in [5.41, 5.74) is 2.93. The predicted molar refractivity (Wildman–Crippen MR) is 75.3 cm³/mol. The minimum Gasteiger partial charge on any atom is -0.496 e. The summed E-state index contributed by atoms with van der Waals surface area (Å²) in [6, 6.07) is 9.66. The molecular weight excluding hydrogens is 240 g/mol. The second-order valence-corrected chi connectivity index (χ2v) is 4.27. The maximum Gasteiger partial charge on any atom is 0.222 e. The number of aryl methyl sites for hydroxylation is 1. The molecule has 1 amide bonds. The maximum absolute atomic E-state index is 11.2. The zero-order valence-corrected chi connectivity index (χ0v) is 11.2. The fourth-order valence-electron chi connectivity index (χ4n) is 1.95. The normalized spacial score (nSPS) is 10.1. The van der Waals surface area contributed by atoms with Crippen LogP contribution in [-0.4, -0.2) is 18.0 Å². The van der Waals surface area contributed by atoms with Gasteiger partial charge in [0.25, 0.3) is 0 Å². The van der Waals surface area contributed by atoms with Crippen LogP contribution in [0.4, 0.5) is 5.82 Å². The van der Waals surface area contributed by atoms with E-state index in [2.05, 4.69) is 10.3 Å². The van der Waals surface area contributed by atoms with Crippen molar-refractivity contribution in [2.45, 2.75) is 13.8 Å². The minimum atomic E-state index is -0.134. The molecule has 0 aliphatic rings. The van der Waals surface area contributed by atoms with E-state index in [0.717, 1.165) is 22.4 Å². The van der Waals surface area contributed by atoms with Gasteiger partial charge in [-0.3, -0.25) is 4.79 Å². The molecular formula is C15H16N2O2. The van der Waals surface area contributed by atoms with Crippen LogP contribution in [-0.2, 0) is 4.79 Å². The topological polar surface area (TPSA) is 51.2 Å². The average molecular weight is 256 g/mol. The van der Waals surface area contributed by atoms with Crippen LogP contribution >= 0.6 is 0 Å². The molecule has 1 N–H and O–H groups in total. The van der Waals surface area contributed by atoms with Gasteiger partial charge in [0.05, 0.1) is 7.11 Å². The molecule has 0 saturated heterocycles. The number of hydrogen-bond donors (Lipinski definition) is 1. The van der Waals surface area contributed by atoms with E-state index in [1.165, 1.54) is 6.92 Å². The van der Waals surface area contributed by atoms with Gasteiger partial charge in [-0.1, -0.05) is 6.07 Å². The third-order valence-corrected chi connectivity index (χ3v) is 2.81. The molecule has 0 radical (unpaired) electrons. The lowest BCUT2D eigenvalue weighted by Gasteiger charge is -2.11. The first kappa shape index (κ1) is 13.1. The molecule has 1 aromatic heterocycles. The molecule has 1 heterocycles. The molecule has 0 bridgehead atoms. The number of amides is 1. The SMILES string of the molecule is COc1ccc(-c2cccnc2NC(C)=O)cc1C. The van der Waals surface area contributed by atoms with Gasteiger partial charge in [0, 0.05) is 18.7 Å². The number of ether oxygens (including phenoxy) is 1. The van der Waals surface area contributed by atoms with Crippen molar-refractivity contribution >= 4 is 11.7 Å². The van der Waals surface area contributed by atoms with E-state index in [1.807, 2.05) is 37.3 Å². The number of carbonyl (C=O) groups is 1. The predicted octanol–water partition coefficient (Wildman–Crippen LogP) is 3.02. The molecule has 0 unspecified atom stereocenters. The van der Waals surface area contributed by atoms with Gasteiger partial charge in [-0.2, -0.15) is 0 Å². The Bertz CT molecular complexity index is 609. The summed E-state index contributed by atoms with van der Waals surface area (Å²) in [6.07, 6.45) is 1.66. The molecule has 0 aliphatic heterocycles. The second-order valence-electron chi connectivity index (χ2n) is 4.27. The average Bonchev–Trinajstić information content (AvgIpc) is 2.38. The van der Waals surface area contributed by atoms with Crippen molar-refractivity contribution in [1.82, 2.24) is 4.98 Å². The molecule has 0 fully saturated rings. The van der Waals surface area contributed by atoms with Crippen LogP contribution in [0.3, 0.4) is 0 Å². The van der Waals surface area contributed by atoms with E-state index < -0.39 is 0 Å². The van der Waals surface area contributed by atoms with E-state index in [1.54, 1.807) is 13.3 Å². The first-order valence-corrected chi connectivity index (χ1v) is 5.99. The number of aromatic nitrogens is 1. The van der Waals surface area contributed by atoms with Crippen LogP contribution < -0.4 is 10.1 Å². The number of carbonyl (C=O) groups excluding carboxylic acids is 1. The van der Waals surface area contributed by atoms with E-state index in [4.69, 9.17) is 4.74 Å². The lowest BCUT2D eigenvalue weighted by atomic mass is 10.0. The lowest BCUT2D eigenvalue weighted by Crippen LogP contribution is -2.08. The smallest absolute Gasteiger partial charge is 0.222 e. The van der Waals surface area contributed by atoms with Crippen molar-refractivity contribution in [1.29, 1.82) is 0 Å². The molecule has 4 nitrogen and oxygen atoms in total. The summed E-state index contributed by atoms with van der Waals surface area (Å²) in [7, 11) is 1.65. The standard InChI is InChI=1S/C15H16N2O2/c1-10-9-12(6-7-14(10)19-3)13-5-4-8-16-15(13)17-11(2)18/h4-9H,1-3H3,(H,16,17,18). The first-order valence-electron chi connectivity index (χ1n) is 5.99. The van der Waals surface area contributed by atoms with Crippen molar-refractivity contribution in [2.75, 3.05) is 12.4 Å². The van der Waals surface area contributed by atoms with Crippen molar-refractivity contribution in [3.8, 4) is 16.9 Å². The van der Waals surface area contributed by atoms with Crippen molar-refractivity contribution < 1.29 is 9.53 Å². The Balaban J connectivity index is 2.46. The van der Waals surface area contributed by atoms with Gasteiger partial charge < -0.3 is 10.1 Å². The maximum atomic E-state index is 11.2. The first-order chi connectivity index (χ1) is 9.11. The fourth-order valence-corrected chi connectivity index (χ4v) is 1.95. The number of hydrogen-bond acceptors (Lipinski definition) is 3. The minimum absolute atomic E-state index is 0.134. The van der Waals surface area contributed by atoms with E-state index in [-0.39, 0.29) is 5.91 Å². The lowest BCUT2D eigenvalue weighted by molar-refractivity contribution is -0.114. The number of rotatable bonds is 3. The Labute approximate surface area is 112 Å². The summed E-state index contributed by atoms with van der Waals surface area (Å²) in [5.74, 6) is 1.28. The second kappa shape index (κ2) is 5.52. The van der Waals surface area contributed by atoms with E-state index >= 15 is 0 Å². The third-order valence-electron chi connectivity index (χ3n) is 2.81. The highest BCUT2D eigenvalue weighted by molar-refractivity contribution is 5.92. The fraction of sp³-hybridized carbons (Fsp3) is 0.200. The Hall–Kier alpha value is -2.36. The molecule has 19 heavy (non-hydrogen) atoms. The zero-order valence-electron chi connectivity index (χ0n) is 11.2. The Morgan fingerprint density at radius 3 is 2.74 bits per heavy atom. The monoisotopic (exact) mass is 256 g/mol. The van der Waals surface area contributed by atoms with Crippen molar-refractivity contribution in [3.63, 3.8) is 0 Å². The molecule has 2 aromatic rings. The highest BCUT2D eigenvalue weighted by Crippen LogP contribution is 2.29. The number of anilines is 1. The van der Waals surface area contributed by atoms with Crippen LogP contribution in [0, 0.1) is 6.92 Å². The number of methoxy groups -OCH3 is 1. The largest absolute Gasteiger partial charge is 0.496 e. The van der Waals surface area contributed by atoms with Gasteiger partial charge in [0.15, 0.2) is 0 Å². The third kappa shape index (κ3) is 2.91. The van der Waals surface area contributed by atoms with Crippen molar-refractivity contribution in [3.05, 3.63) is 42.1 Å². The molecule has 0 aliphatic carbocycles. The molecule has 2 rings (SSSR count). The van der Waals surface area contributed by atoms with E-state index in [9.17, 15) is 4.79 Å². The molecule has 98 valence electrons. The van der Waals surface area contributed by atoms with Gasteiger partial charge in [-0.15, -0.1) is 0 Å². The van der Waals surface area contributed by atoms with Gasteiger partial charge in [-0.25, -0.2) is 4.98 Å². The highest BCUT2D eigenvalue weighted by Gasteiger charge is 2.08. The quantitative estimate of drug-likeness (QED) is 0.918. The number of benzene rings is 1. The summed E-state index contributed by atoms with van der Waals surface area (Å²) >= 11 is 0. The summed E-state index contributed by atoms with van der Waals surface area (Å²) in [4.78, 5) is 15.4. The summed E-state index contributed by atoms with van der Waals surface area (Å²) < 4.78 is 5.25. The molecule has 4 heteroatoms. The van der Waals surface area contributed by atoms with Crippen LogP contribution in [0.5, 0.6) is 5.75 Å². The van der Waals surface area contributed by atoms with Crippen molar-refractivity contribution in [2.24, 2.45) is 0 Å². The molecule has 0 atom stereocenters. The Kier molecular flexibility index (Phi) is 3.80. The van der Waals surface area contributed by atoms with Gasteiger partial charge in [-0.05, 0) is 42.3 Å². The van der Waals surface area contributed by atoms with Gasteiger partial charge >= 0.3 is 0 Å². The molecule has 0 spiro atoms. The zero-order chi connectivity index (χ0) is 13.8. The number of pyridine rings is 1. The Morgan fingerprint density at radius 1 is 1.32 bits per heavy atom. The van der Waals surface area contributed by atoms with Crippen LogP contribution in [0.2, 0.25) is 0 Å². The Morgan fingerprint density at radius 2 is 2.11 bits per heavy atom. The van der Waals surface area contributed by atoms with Crippen LogP contribution in [0.25, 0.3) is 11.1 Å². The van der Waals surface area contributed by atoms with Gasteiger partial charge in [0.2, 0.25) is 5.91 Å². The van der Waals surface area contributed by atoms with Gasteiger partial charge in [0.1, 0.15) is 11.6 Å². The highest BCUT2D eigenvalue weighted by atomic mass is 16.5. The molecule has 0 saturated carbocycles. The number of nitrogens with one attached hydrogen (secondary N) is 1. The van der Waals surface area contributed by atoms with Crippen LogP contribution in [0.1, 0.15) is 12.5 Å². The molecule has 1 aromatic carbocycles. The number of nitrogens with zero attached hydrogens (tertiary/aromatic N) is 1.